The van der Waals surface area contributed by atoms with E-state index in [0.29, 0.717) is 11.7 Å². The number of nitrogens with one attached hydrogen (secondary N) is 2. The van der Waals surface area contributed by atoms with E-state index in [-0.39, 0.29) is 12.5 Å². The minimum atomic E-state index is -1.07. The van der Waals surface area contributed by atoms with E-state index in [4.69, 9.17) is 9.63 Å². The molecule has 2 amide bonds. The van der Waals surface area contributed by atoms with Gasteiger partial charge in [-0.1, -0.05) is 19.0 Å². The number of hydrogen-bond acceptors (Lipinski definition) is 5. The van der Waals surface area contributed by atoms with Gasteiger partial charge < -0.3 is 20.3 Å². The van der Waals surface area contributed by atoms with Crippen molar-refractivity contribution < 1.29 is 19.2 Å². The molecule has 1 heterocycles. The molecular formula is C10H16N4O4. The minimum Gasteiger partial charge on any atom is -0.480 e. The van der Waals surface area contributed by atoms with Crippen molar-refractivity contribution in [1.29, 1.82) is 0 Å². The van der Waals surface area contributed by atoms with E-state index in [0.717, 1.165) is 0 Å². The summed E-state index contributed by atoms with van der Waals surface area (Å²) in [5, 5.41) is 17.3. The van der Waals surface area contributed by atoms with Gasteiger partial charge in [0.1, 0.15) is 6.04 Å². The first-order chi connectivity index (χ1) is 8.40. The van der Waals surface area contributed by atoms with Gasteiger partial charge >= 0.3 is 12.0 Å². The smallest absolute Gasteiger partial charge is 0.326 e. The van der Waals surface area contributed by atoms with Crippen LogP contribution in [0.3, 0.4) is 0 Å². The van der Waals surface area contributed by atoms with Crippen molar-refractivity contribution in [2.75, 3.05) is 0 Å². The monoisotopic (exact) mass is 256 g/mol. The second-order valence-corrected chi connectivity index (χ2v) is 4.12. The molecule has 0 saturated carbocycles. The molecule has 0 aliphatic heterocycles. The Morgan fingerprint density at radius 1 is 1.44 bits per heavy atom. The second-order valence-electron chi connectivity index (χ2n) is 4.12. The summed E-state index contributed by atoms with van der Waals surface area (Å²) in [5.41, 5.74) is 0. The van der Waals surface area contributed by atoms with Gasteiger partial charge in [-0.2, -0.15) is 4.98 Å². The van der Waals surface area contributed by atoms with Crippen molar-refractivity contribution in [3.8, 4) is 0 Å². The Labute approximate surface area is 104 Å². The average molecular weight is 256 g/mol. The fraction of sp³-hybridized carbons (Fsp3) is 0.600. The first kappa shape index (κ1) is 13.9. The van der Waals surface area contributed by atoms with Crippen molar-refractivity contribution in [1.82, 2.24) is 20.8 Å². The van der Waals surface area contributed by atoms with Gasteiger partial charge in [-0.05, 0) is 5.92 Å². The van der Waals surface area contributed by atoms with E-state index < -0.39 is 18.0 Å². The number of hydrogen-bond donors (Lipinski definition) is 3. The molecule has 3 N–H and O–H groups in total. The maximum atomic E-state index is 11.5. The molecule has 8 heteroatoms. The number of rotatable bonds is 5. The standard InChI is InChI=1S/C10H16N4O4/c1-5(2)8(9(15)16)13-10(17)11-4-7-12-6(3)18-14-7/h5,8H,4H2,1-3H3,(H,15,16)(H2,11,13,17)/t8-/m1/s1. The zero-order valence-corrected chi connectivity index (χ0v) is 10.4. The quantitative estimate of drug-likeness (QED) is 0.696. The molecule has 0 unspecified atom stereocenters. The topological polar surface area (TPSA) is 117 Å². The predicted molar refractivity (Wildman–Crippen MR) is 60.7 cm³/mol. The number of carbonyl (C=O) groups excluding carboxylic acids is 1. The number of aromatic nitrogens is 2. The predicted octanol–water partition coefficient (Wildman–Crippen LogP) is 0.286. The van der Waals surface area contributed by atoms with Crippen LogP contribution in [0.15, 0.2) is 4.52 Å². The third-order valence-corrected chi connectivity index (χ3v) is 2.20. The van der Waals surface area contributed by atoms with Crippen LogP contribution < -0.4 is 10.6 Å². The summed E-state index contributed by atoms with van der Waals surface area (Å²) in [6.45, 7) is 5.13. The molecule has 8 nitrogen and oxygen atoms in total. The average Bonchev–Trinajstić information content (AvgIpc) is 2.68. The van der Waals surface area contributed by atoms with Crippen molar-refractivity contribution in [3.63, 3.8) is 0 Å². The first-order valence-electron chi connectivity index (χ1n) is 5.46. The Bertz CT molecular complexity index is 429. The molecule has 18 heavy (non-hydrogen) atoms. The van der Waals surface area contributed by atoms with E-state index in [9.17, 15) is 9.59 Å². The number of carbonyl (C=O) groups is 2. The van der Waals surface area contributed by atoms with Crippen LogP contribution in [0, 0.1) is 12.8 Å². The molecule has 0 radical (unpaired) electrons. The SMILES string of the molecule is Cc1nc(CNC(=O)N[C@@H](C(=O)O)C(C)C)no1. The van der Waals surface area contributed by atoms with Gasteiger partial charge in [0.15, 0.2) is 5.82 Å². The van der Waals surface area contributed by atoms with E-state index in [1.165, 1.54) is 0 Å². The largest absolute Gasteiger partial charge is 0.480 e. The summed E-state index contributed by atoms with van der Waals surface area (Å²) >= 11 is 0. The highest BCUT2D eigenvalue weighted by atomic mass is 16.5. The van der Waals surface area contributed by atoms with Crippen LogP contribution in [0.25, 0.3) is 0 Å². The van der Waals surface area contributed by atoms with E-state index in [2.05, 4.69) is 20.8 Å². The number of nitrogens with zero attached hydrogens (tertiary/aromatic N) is 2. The number of aryl methyl sites for hydroxylation is 1. The molecule has 0 saturated heterocycles. The van der Waals surface area contributed by atoms with Crippen molar-refractivity contribution in [2.45, 2.75) is 33.4 Å². The maximum absolute atomic E-state index is 11.5. The normalized spacial score (nSPS) is 12.2. The Kier molecular flexibility index (Phi) is 4.64. The lowest BCUT2D eigenvalue weighted by atomic mass is 10.1. The summed E-state index contributed by atoms with van der Waals surface area (Å²) < 4.78 is 4.73. The Morgan fingerprint density at radius 3 is 2.56 bits per heavy atom. The van der Waals surface area contributed by atoms with Gasteiger partial charge in [-0.25, -0.2) is 9.59 Å². The first-order valence-corrected chi connectivity index (χ1v) is 5.46. The van der Waals surface area contributed by atoms with Crippen molar-refractivity contribution in [2.24, 2.45) is 5.92 Å². The van der Waals surface area contributed by atoms with Gasteiger partial charge in [0.25, 0.3) is 0 Å². The van der Waals surface area contributed by atoms with E-state index in [1.807, 2.05) is 0 Å². The molecule has 1 aromatic rings. The number of carboxylic acid groups (broad SMARTS) is 1. The summed E-state index contributed by atoms with van der Waals surface area (Å²) in [6.07, 6.45) is 0. The van der Waals surface area contributed by atoms with Crippen LogP contribution in [0.1, 0.15) is 25.6 Å². The van der Waals surface area contributed by atoms with Crippen LogP contribution >= 0.6 is 0 Å². The van der Waals surface area contributed by atoms with Gasteiger partial charge in [-0.15, -0.1) is 0 Å². The highest BCUT2D eigenvalue weighted by molar-refractivity contribution is 5.82. The number of aliphatic carboxylic acids is 1. The van der Waals surface area contributed by atoms with Crippen LogP contribution in [-0.4, -0.2) is 33.3 Å². The molecule has 0 aromatic carbocycles. The van der Waals surface area contributed by atoms with E-state index >= 15 is 0 Å². The number of carboxylic acids is 1. The lowest BCUT2D eigenvalue weighted by Gasteiger charge is -2.17. The molecule has 0 fully saturated rings. The summed E-state index contributed by atoms with van der Waals surface area (Å²) in [5.74, 6) is -0.548. The summed E-state index contributed by atoms with van der Waals surface area (Å²) in [4.78, 5) is 26.2. The second kappa shape index (κ2) is 5.99. The lowest BCUT2D eigenvalue weighted by Crippen LogP contribution is -2.48. The lowest BCUT2D eigenvalue weighted by molar-refractivity contribution is -0.140. The molecule has 0 aliphatic rings. The Balaban J connectivity index is 2.43. The molecule has 100 valence electrons. The fourth-order valence-corrected chi connectivity index (χ4v) is 1.28. The number of amides is 2. The Morgan fingerprint density at radius 2 is 2.11 bits per heavy atom. The highest BCUT2D eigenvalue weighted by Gasteiger charge is 2.23. The van der Waals surface area contributed by atoms with Gasteiger partial charge in [0.2, 0.25) is 5.89 Å². The number of urea groups is 1. The van der Waals surface area contributed by atoms with Crippen LogP contribution in [-0.2, 0) is 11.3 Å². The molecule has 0 spiro atoms. The van der Waals surface area contributed by atoms with Crippen LogP contribution in [0.2, 0.25) is 0 Å². The summed E-state index contributed by atoms with van der Waals surface area (Å²) in [6, 6.07) is -1.52. The van der Waals surface area contributed by atoms with Crippen LogP contribution in [0.4, 0.5) is 4.79 Å². The molecule has 0 bridgehead atoms. The zero-order valence-electron chi connectivity index (χ0n) is 10.4. The van der Waals surface area contributed by atoms with Crippen molar-refractivity contribution >= 4 is 12.0 Å². The highest BCUT2D eigenvalue weighted by Crippen LogP contribution is 2.01. The third-order valence-electron chi connectivity index (χ3n) is 2.20. The minimum absolute atomic E-state index is 0.0770. The molecule has 1 aromatic heterocycles. The summed E-state index contributed by atoms with van der Waals surface area (Å²) in [7, 11) is 0. The zero-order chi connectivity index (χ0) is 13.7. The van der Waals surface area contributed by atoms with Gasteiger partial charge in [-0.3, -0.25) is 0 Å². The third kappa shape index (κ3) is 4.04. The maximum Gasteiger partial charge on any atom is 0.326 e. The molecule has 0 aliphatic carbocycles. The Hall–Kier alpha value is -2.12. The fourth-order valence-electron chi connectivity index (χ4n) is 1.28. The molecule has 1 rings (SSSR count). The molecular weight excluding hydrogens is 240 g/mol. The van der Waals surface area contributed by atoms with Gasteiger partial charge in [0.05, 0.1) is 6.54 Å². The van der Waals surface area contributed by atoms with Crippen LogP contribution in [0.5, 0.6) is 0 Å². The van der Waals surface area contributed by atoms with Gasteiger partial charge in [0, 0.05) is 6.92 Å². The van der Waals surface area contributed by atoms with E-state index in [1.54, 1.807) is 20.8 Å². The molecule has 1 atom stereocenters. The van der Waals surface area contributed by atoms with Crippen molar-refractivity contribution in [3.05, 3.63) is 11.7 Å².